The number of nitrogens with one attached hydrogen (secondary N) is 1. The summed E-state index contributed by atoms with van der Waals surface area (Å²) in [4.78, 5) is 21.9. The quantitative estimate of drug-likeness (QED) is 0.506. The second-order valence-electron chi connectivity index (χ2n) is 6.64. The van der Waals surface area contributed by atoms with Gasteiger partial charge in [-0.3, -0.25) is 14.9 Å². The highest BCUT2D eigenvalue weighted by Gasteiger charge is 2.38. The van der Waals surface area contributed by atoms with Crippen LogP contribution < -0.4 is 10.1 Å². The van der Waals surface area contributed by atoms with Gasteiger partial charge in [0.2, 0.25) is 0 Å². The highest BCUT2D eigenvalue weighted by Crippen LogP contribution is 2.37. The number of halogens is 3. The number of aliphatic hydroxyl groups is 1. The number of nitro groups is 1. The predicted molar refractivity (Wildman–Crippen MR) is 98.9 cm³/mol. The van der Waals surface area contributed by atoms with Crippen LogP contribution in [0.3, 0.4) is 0 Å². The zero-order valence-corrected chi connectivity index (χ0v) is 15.6. The van der Waals surface area contributed by atoms with Gasteiger partial charge in [-0.2, -0.15) is 13.2 Å². The molecule has 2 rings (SSSR count). The number of alkyl halides is 3. The van der Waals surface area contributed by atoms with E-state index in [1.54, 1.807) is 24.3 Å². The van der Waals surface area contributed by atoms with Crippen molar-refractivity contribution in [1.82, 2.24) is 0 Å². The van der Waals surface area contributed by atoms with Gasteiger partial charge in [0, 0.05) is 11.8 Å². The summed E-state index contributed by atoms with van der Waals surface area (Å²) in [5.74, 6) is -0.279. The van der Waals surface area contributed by atoms with Crippen molar-refractivity contribution in [2.24, 2.45) is 0 Å². The lowest BCUT2D eigenvalue weighted by atomic mass is 10.0. The van der Waals surface area contributed by atoms with Gasteiger partial charge in [0.05, 0.1) is 11.5 Å². The van der Waals surface area contributed by atoms with E-state index in [1.807, 2.05) is 6.92 Å². The molecule has 0 aliphatic rings. The van der Waals surface area contributed by atoms with E-state index in [4.69, 9.17) is 4.74 Å². The van der Waals surface area contributed by atoms with Crippen molar-refractivity contribution >= 4 is 17.2 Å². The fourth-order valence-electron chi connectivity index (χ4n) is 2.34. The second-order valence-corrected chi connectivity index (χ2v) is 6.64. The van der Waals surface area contributed by atoms with E-state index < -0.39 is 40.3 Å². The van der Waals surface area contributed by atoms with Gasteiger partial charge >= 0.3 is 6.18 Å². The first-order chi connectivity index (χ1) is 13.4. The summed E-state index contributed by atoms with van der Waals surface area (Å²) in [5.41, 5.74) is -3.56. The van der Waals surface area contributed by atoms with E-state index in [9.17, 15) is 33.2 Å². The maximum atomic E-state index is 13.0. The number of aryl methyl sites for hydroxylation is 1. The largest absolute Gasteiger partial charge is 0.490 e. The lowest BCUT2D eigenvalue weighted by molar-refractivity contribution is -0.388. The molecule has 2 aromatic rings. The molecule has 1 atom stereocenters. The van der Waals surface area contributed by atoms with Gasteiger partial charge in [0.25, 0.3) is 5.69 Å². The zero-order valence-electron chi connectivity index (χ0n) is 15.6. The van der Waals surface area contributed by atoms with Crippen molar-refractivity contribution in [1.29, 1.82) is 0 Å². The molecule has 10 heteroatoms. The number of ether oxygens (including phenoxy) is 1. The highest BCUT2D eigenvalue weighted by molar-refractivity contribution is 5.90. The lowest BCUT2D eigenvalue weighted by Crippen LogP contribution is -2.44. The Balaban J connectivity index is 2.03. The van der Waals surface area contributed by atoms with Crippen molar-refractivity contribution in [3.8, 4) is 5.75 Å². The smallest absolute Gasteiger partial charge is 0.423 e. The molecule has 0 fully saturated rings. The third kappa shape index (κ3) is 5.92. The first-order valence-corrected chi connectivity index (χ1v) is 8.45. The maximum Gasteiger partial charge on any atom is 0.423 e. The van der Waals surface area contributed by atoms with Crippen LogP contribution in [0.15, 0.2) is 42.5 Å². The Kier molecular flexibility index (Phi) is 6.48. The SMILES string of the molecule is Cc1ccc(OC[C@](C)(O)C(=O)CNc2ccc([N+](=O)[O-])c(C(F)(F)F)c2)cc1. The minimum Gasteiger partial charge on any atom is -0.490 e. The van der Waals surface area contributed by atoms with Crippen LogP contribution in [-0.2, 0) is 11.0 Å². The van der Waals surface area contributed by atoms with E-state index in [1.165, 1.54) is 6.92 Å². The van der Waals surface area contributed by atoms with Crippen molar-refractivity contribution < 1.29 is 32.7 Å². The Bertz CT molecular complexity index is 896. The molecule has 2 N–H and O–H groups in total. The Morgan fingerprint density at radius 3 is 2.38 bits per heavy atom. The van der Waals surface area contributed by atoms with Crippen LogP contribution in [0.2, 0.25) is 0 Å². The van der Waals surface area contributed by atoms with Crippen LogP contribution in [0.1, 0.15) is 18.1 Å². The fourth-order valence-corrected chi connectivity index (χ4v) is 2.34. The molecule has 0 saturated carbocycles. The van der Waals surface area contributed by atoms with Crippen molar-refractivity contribution in [3.63, 3.8) is 0 Å². The van der Waals surface area contributed by atoms with Crippen LogP contribution in [0.4, 0.5) is 24.5 Å². The van der Waals surface area contributed by atoms with Crippen molar-refractivity contribution in [3.05, 3.63) is 63.7 Å². The molecule has 2 aromatic carbocycles. The number of ketones is 1. The molecule has 0 radical (unpaired) electrons. The third-order valence-electron chi connectivity index (χ3n) is 4.09. The van der Waals surface area contributed by atoms with Gasteiger partial charge in [0.15, 0.2) is 11.4 Å². The van der Waals surface area contributed by atoms with Crippen LogP contribution in [0, 0.1) is 17.0 Å². The lowest BCUT2D eigenvalue weighted by Gasteiger charge is -2.22. The number of nitro benzene ring substituents is 1. The monoisotopic (exact) mass is 412 g/mol. The summed E-state index contributed by atoms with van der Waals surface area (Å²) in [7, 11) is 0. The summed E-state index contributed by atoms with van der Waals surface area (Å²) in [6.45, 7) is 2.25. The Morgan fingerprint density at radius 1 is 1.21 bits per heavy atom. The first kappa shape index (κ1) is 22.2. The van der Waals surface area contributed by atoms with E-state index in [0.717, 1.165) is 11.6 Å². The van der Waals surface area contributed by atoms with Gasteiger partial charge in [-0.25, -0.2) is 0 Å². The molecular formula is C19H19F3N2O5. The molecule has 0 unspecified atom stereocenters. The number of anilines is 1. The summed E-state index contributed by atoms with van der Waals surface area (Å²) in [5, 5.41) is 23.5. The second kappa shape index (κ2) is 8.48. The van der Waals surface area contributed by atoms with Crippen LogP contribution in [-0.4, -0.2) is 34.6 Å². The molecule has 0 spiro atoms. The first-order valence-electron chi connectivity index (χ1n) is 8.45. The molecule has 0 aliphatic heterocycles. The van der Waals surface area contributed by atoms with Crippen molar-refractivity contribution in [2.75, 3.05) is 18.5 Å². The normalized spacial score (nSPS) is 13.4. The number of hydrogen-bond acceptors (Lipinski definition) is 6. The van der Waals surface area contributed by atoms with Gasteiger partial charge < -0.3 is 15.2 Å². The average Bonchev–Trinajstić information content (AvgIpc) is 2.64. The molecule has 156 valence electrons. The molecule has 0 aromatic heterocycles. The van der Waals surface area contributed by atoms with Gasteiger partial charge in [-0.05, 0) is 38.1 Å². The van der Waals surface area contributed by atoms with E-state index in [0.29, 0.717) is 17.9 Å². The summed E-state index contributed by atoms with van der Waals surface area (Å²) >= 11 is 0. The Labute approximate surface area is 164 Å². The van der Waals surface area contributed by atoms with Gasteiger partial charge in [0.1, 0.15) is 17.9 Å². The highest BCUT2D eigenvalue weighted by atomic mass is 19.4. The Morgan fingerprint density at radius 2 is 1.83 bits per heavy atom. The third-order valence-corrected chi connectivity index (χ3v) is 4.09. The molecular weight excluding hydrogens is 393 g/mol. The van der Waals surface area contributed by atoms with Gasteiger partial charge in [-0.15, -0.1) is 0 Å². The predicted octanol–water partition coefficient (Wildman–Crippen LogP) is 3.73. The zero-order chi connectivity index (χ0) is 21.8. The van der Waals surface area contributed by atoms with E-state index >= 15 is 0 Å². The van der Waals surface area contributed by atoms with Crippen LogP contribution in [0.25, 0.3) is 0 Å². The van der Waals surface area contributed by atoms with Gasteiger partial charge in [-0.1, -0.05) is 17.7 Å². The minimum absolute atomic E-state index is 0.147. The molecule has 0 aliphatic carbocycles. The fraction of sp³-hybridized carbons (Fsp3) is 0.316. The molecule has 29 heavy (non-hydrogen) atoms. The minimum atomic E-state index is -4.93. The number of nitrogens with zero attached hydrogens (tertiary/aromatic N) is 1. The van der Waals surface area contributed by atoms with Crippen molar-refractivity contribution in [2.45, 2.75) is 25.6 Å². The van der Waals surface area contributed by atoms with Crippen LogP contribution in [0.5, 0.6) is 5.75 Å². The summed E-state index contributed by atoms with van der Waals surface area (Å²) < 4.78 is 44.4. The maximum absolute atomic E-state index is 13.0. The molecule has 7 nitrogen and oxygen atoms in total. The Hall–Kier alpha value is -3.14. The number of Topliss-reactive ketones (excluding diaryl/α,β-unsaturated/α-hetero) is 1. The van der Waals surface area contributed by atoms with E-state index in [-0.39, 0.29) is 12.3 Å². The molecule has 0 bridgehead atoms. The van der Waals surface area contributed by atoms with E-state index in [2.05, 4.69) is 5.32 Å². The summed E-state index contributed by atoms with van der Waals surface area (Å²) in [6, 6.07) is 9.23. The average molecular weight is 412 g/mol. The van der Waals surface area contributed by atoms with Crippen LogP contribution >= 0.6 is 0 Å². The number of carbonyl (C=O) groups excluding carboxylic acids is 1. The summed E-state index contributed by atoms with van der Waals surface area (Å²) in [6.07, 6.45) is -4.93. The number of hydrogen-bond donors (Lipinski definition) is 2. The standard InChI is InChI=1S/C19H19F3N2O5/c1-12-3-6-14(7-4-12)29-11-18(2,26)17(25)10-23-13-5-8-16(24(27)28)15(9-13)19(20,21)22/h3-9,23,26H,10-11H2,1-2H3/t18-/m0/s1. The number of benzene rings is 2. The molecule has 0 heterocycles. The molecule has 0 amide bonds. The number of carbonyl (C=O) groups is 1. The topological polar surface area (TPSA) is 102 Å². The number of rotatable bonds is 8. The molecule has 0 saturated heterocycles.